The summed E-state index contributed by atoms with van der Waals surface area (Å²) in [4.78, 5) is 18.5. The molecule has 1 aliphatic heterocycles. The molecule has 0 bridgehead atoms. The molecule has 1 aromatic heterocycles. The van der Waals surface area contributed by atoms with Crippen LogP contribution in [0.2, 0.25) is 0 Å². The van der Waals surface area contributed by atoms with Crippen molar-refractivity contribution in [1.29, 1.82) is 0 Å². The molecule has 0 unspecified atom stereocenters. The Hall–Kier alpha value is -2.63. The lowest BCUT2D eigenvalue weighted by Crippen LogP contribution is -2.87. The molecule has 0 spiro atoms. The fraction of sp³-hybridized carbons (Fsp3) is 0.292. The molecule has 1 saturated heterocycles. The quantitative estimate of drug-likeness (QED) is 0.684. The molecular formula is C24H28N3OS+. The number of anilines is 1. The standard InChI is InChI=1S/C24H27N3OS/c1-19-9-11-20(12-10-19)24(22-8-5-17-29-22)25-18-23(28)27-15-13-26(14-16-27)21-6-3-2-4-7-21/h2-12,17,24-25H,13-16,18H2,1H3/p+1/t24-/m0/s1. The predicted molar refractivity (Wildman–Crippen MR) is 119 cm³/mol. The van der Waals surface area contributed by atoms with E-state index >= 15 is 0 Å². The SMILES string of the molecule is Cc1ccc([C@H]([NH2+]CC(=O)N2CCN(c3ccccc3)CC2)c2cccs2)cc1. The molecule has 1 fully saturated rings. The van der Waals surface area contributed by atoms with Gasteiger partial charge in [0.15, 0.2) is 6.54 Å². The first-order valence-corrected chi connectivity index (χ1v) is 11.1. The third-order valence-electron chi connectivity index (χ3n) is 5.57. The van der Waals surface area contributed by atoms with Crippen molar-refractivity contribution in [2.45, 2.75) is 13.0 Å². The Morgan fingerprint density at radius 3 is 2.34 bits per heavy atom. The molecule has 150 valence electrons. The Labute approximate surface area is 176 Å². The van der Waals surface area contributed by atoms with Gasteiger partial charge in [-0.15, -0.1) is 11.3 Å². The number of thiophene rings is 1. The number of hydrogen-bond donors (Lipinski definition) is 1. The van der Waals surface area contributed by atoms with Crippen LogP contribution in [-0.2, 0) is 4.79 Å². The lowest BCUT2D eigenvalue weighted by molar-refractivity contribution is -0.676. The molecule has 0 aliphatic carbocycles. The van der Waals surface area contributed by atoms with Gasteiger partial charge in [0.25, 0.3) is 5.91 Å². The van der Waals surface area contributed by atoms with Gasteiger partial charge in [0, 0.05) is 37.4 Å². The van der Waals surface area contributed by atoms with E-state index in [9.17, 15) is 4.79 Å². The number of nitrogens with two attached hydrogens (primary N) is 1. The van der Waals surface area contributed by atoms with Crippen molar-refractivity contribution >= 4 is 22.9 Å². The van der Waals surface area contributed by atoms with Gasteiger partial charge in [0.05, 0.1) is 4.88 Å². The van der Waals surface area contributed by atoms with Gasteiger partial charge in [-0.25, -0.2) is 0 Å². The molecule has 1 amide bonds. The molecule has 1 aliphatic rings. The monoisotopic (exact) mass is 406 g/mol. The van der Waals surface area contributed by atoms with E-state index in [4.69, 9.17) is 0 Å². The Morgan fingerprint density at radius 1 is 0.966 bits per heavy atom. The van der Waals surface area contributed by atoms with Crippen LogP contribution in [0.1, 0.15) is 22.0 Å². The summed E-state index contributed by atoms with van der Waals surface area (Å²) in [5.74, 6) is 0.228. The van der Waals surface area contributed by atoms with Crippen LogP contribution in [0.5, 0.6) is 0 Å². The largest absolute Gasteiger partial charge is 0.368 e. The third-order valence-corrected chi connectivity index (χ3v) is 6.52. The summed E-state index contributed by atoms with van der Waals surface area (Å²) in [6, 6.07) is 23.5. The molecule has 0 saturated carbocycles. The second kappa shape index (κ2) is 9.25. The average molecular weight is 407 g/mol. The lowest BCUT2D eigenvalue weighted by Gasteiger charge is -2.36. The van der Waals surface area contributed by atoms with Gasteiger partial charge < -0.3 is 15.1 Å². The Balaban J connectivity index is 1.36. The van der Waals surface area contributed by atoms with Gasteiger partial charge in [0.1, 0.15) is 6.04 Å². The van der Waals surface area contributed by atoms with Gasteiger partial charge in [-0.05, 0) is 30.5 Å². The zero-order valence-corrected chi connectivity index (χ0v) is 17.6. The summed E-state index contributed by atoms with van der Waals surface area (Å²) in [7, 11) is 0. The van der Waals surface area contributed by atoms with Crippen molar-refractivity contribution in [2.75, 3.05) is 37.6 Å². The van der Waals surface area contributed by atoms with Crippen molar-refractivity contribution in [2.24, 2.45) is 0 Å². The van der Waals surface area contributed by atoms with Crippen molar-refractivity contribution in [3.8, 4) is 0 Å². The lowest BCUT2D eigenvalue weighted by atomic mass is 10.0. The maximum atomic E-state index is 12.9. The molecule has 3 aromatic rings. The Kier molecular flexibility index (Phi) is 6.27. The molecule has 29 heavy (non-hydrogen) atoms. The number of carbonyl (C=O) groups is 1. The highest BCUT2D eigenvalue weighted by atomic mass is 32.1. The number of carbonyl (C=O) groups excluding carboxylic acids is 1. The summed E-state index contributed by atoms with van der Waals surface area (Å²) in [5.41, 5.74) is 3.74. The molecule has 4 rings (SSSR count). The minimum atomic E-state index is 0.171. The Bertz CT molecular complexity index is 901. The number of quaternary nitrogens is 1. The molecule has 1 atom stereocenters. The van der Waals surface area contributed by atoms with Gasteiger partial charge in [-0.1, -0.05) is 54.1 Å². The summed E-state index contributed by atoms with van der Waals surface area (Å²) in [6.07, 6.45) is 0. The van der Waals surface area contributed by atoms with Crippen LogP contribution in [0, 0.1) is 6.92 Å². The zero-order valence-electron chi connectivity index (χ0n) is 16.8. The fourth-order valence-corrected chi connectivity index (χ4v) is 4.71. The summed E-state index contributed by atoms with van der Waals surface area (Å²) >= 11 is 1.75. The molecule has 2 aromatic carbocycles. The highest BCUT2D eigenvalue weighted by Crippen LogP contribution is 2.23. The molecule has 2 heterocycles. The second-order valence-electron chi connectivity index (χ2n) is 7.55. The predicted octanol–water partition coefficient (Wildman–Crippen LogP) is 3.06. The highest BCUT2D eigenvalue weighted by molar-refractivity contribution is 7.10. The number of benzene rings is 2. The third kappa shape index (κ3) is 4.86. The summed E-state index contributed by atoms with van der Waals surface area (Å²) < 4.78 is 0. The minimum absolute atomic E-state index is 0.171. The Morgan fingerprint density at radius 2 is 1.69 bits per heavy atom. The molecule has 5 heteroatoms. The van der Waals surface area contributed by atoms with E-state index < -0.39 is 0 Å². The van der Waals surface area contributed by atoms with Crippen LogP contribution >= 0.6 is 11.3 Å². The number of piperazine rings is 1. The van der Waals surface area contributed by atoms with Gasteiger partial charge >= 0.3 is 0 Å². The topological polar surface area (TPSA) is 40.2 Å². The highest BCUT2D eigenvalue weighted by Gasteiger charge is 2.25. The first kappa shape index (κ1) is 19.7. The maximum absolute atomic E-state index is 12.9. The van der Waals surface area contributed by atoms with Crippen LogP contribution in [0.4, 0.5) is 5.69 Å². The molecule has 0 radical (unpaired) electrons. The van der Waals surface area contributed by atoms with E-state index in [1.165, 1.54) is 21.7 Å². The molecule has 2 N–H and O–H groups in total. The van der Waals surface area contributed by atoms with Crippen molar-refractivity contribution < 1.29 is 10.1 Å². The maximum Gasteiger partial charge on any atom is 0.277 e. The fourth-order valence-electron chi connectivity index (χ4n) is 3.86. The number of aryl methyl sites for hydroxylation is 1. The van der Waals surface area contributed by atoms with E-state index in [1.807, 2.05) is 11.0 Å². The van der Waals surface area contributed by atoms with Crippen molar-refractivity contribution in [1.82, 2.24) is 4.90 Å². The van der Waals surface area contributed by atoms with Gasteiger partial charge in [-0.3, -0.25) is 4.79 Å². The number of nitrogens with zero attached hydrogens (tertiary/aromatic N) is 2. The number of hydrogen-bond acceptors (Lipinski definition) is 3. The minimum Gasteiger partial charge on any atom is -0.368 e. The van der Waals surface area contributed by atoms with Crippen molar-refractivity contribution in [3.05, 3.63) is 88.1 Å². The van der Waals surface area contributed by atoms with E-state index in [2.05, 4.69) is 83.2 Å². The van der Waals surface area contributed by atoms with Crippen LogP contribution in [-0.4, -0.2) is 43.5 Å². The summed E-state index contributed by atoms with van der Waals surface area (Å²) in [5, 5.41) is 4.29. The van der Waals surface area contributed by atoms with Crippen LogP contribution < -0.4 is 10.2 Å². The van der Waals surface area contributed by atoms with Gasteiger partial charge in [0.2, 0.25) is 0 Å². The van der Waals surface area contributed by atoms with E-state index in [0.29, 0.717) is 6.54 Å². The molecular weight excluding hydrogens is 378 g/mol. The second-order valence-corrected chi connectivity index (χ2v) is 8.53. The first-order valence-electron chi connectivity index (χ1n) is 10.2. The van der Waals surface area contributed by atoms with E-state index in [-0.39, 0.29) is 11.9 Å². The smallest absolute Gasteiger partial charge is 0.277 e. The van der Waals surface area contributed by atoms with Crippen LogP contribution in [0.15, 0.2) is 72.1 Å². The van der Waals surface area contributed by atoms with Crippen molar-refractivity contribution in [3.63, 3.8) is 0 Å². The van der Waals surface area contributed by atoms with Gasteiger partial charge in [-0.2, -0.15) is 0 Å². The normalized spacial score (nSPS) is 15.3. The van der Waals surface area contributed by atoms with Crippen LogP contribution in [0.3, 0.4) is 0 Å². The van der Waals surface area contributed by atoms with Crippen LogP contribution in [0.25, 0.3) is 0 Å². The first-order chi connectivity index (χ1) is 14.2. The number of rotatable bonds is 6. The van der Waals surface area contributed by atoms with E-state index in [0.717, 1.165) is 26.2 Å². The number of amides is 1. The average Bonchev–Trinajstić information content (AvgIpc) is 3.30. The summed E-state index contributed by atoms with van der Waals surface area (Å²) in [6.45, 7) is 5.93. The number of para-hydroxylation sites is 1. The zero-order chi connectivity index (χ0) is 20.1. The van der Waals surface area contributed by atoms with E-state index in [1.54, 1.807) is 11.3 Å². The molecule has 4 nitrogen and oxygen atoms in total.